The first-order valence-corrected chi connectivity index (χ1v) is 18.8. The molecule has 0 aromatic heterocycles. The highest BCUT2D eigenvalue weighted by molar-refractivity contribution is 7.88. The summed E-state index contributed by atoms with van der Waals surface area (Å²) < 4.78 is 34.6. The van der Waals surface area contributed by atoms with Crippen molar-refractivity contribution in [2.45, 2.75) is 64.0 Å². The number of nitrogens with two attached hydrogens (primary N) is 1. The van der Waals surface area contributed by atoms with E-state index in [2.05, 4.69) is 20.0 Å². The van der Waals surface area contributed by atoms with Crippen molar-refractivity contribution in [2.75, 3.05) is 0 Å². The summed E-state index contributed by atoms with van der Waals surface area (Å²) in [7, 11) is -3.95. The molecule has 0 radical (unpaired) electrons. The summed E-state index contributed by atoms with van der Waals surface area (Å²) in [5.41, 5.74) is 9.35. The molecule has 0 saturated heterocycles. The zero-order chi connectivity index (χ0) is 38.1. The van der Waals surface area contributed by atoms with Gasteiger partial charge < -0.3 is 20.6 Å². The molecule has 0 spiro atoms. The molecular weight excluding hydrogens is 697 g/mol. The van der Waals surface area contributed by atoms with Crippen LogP contribution in [0.5, 0.6) is 0 Å². The van der Waals surface area contributed by atoms with Crippen LogP contribution >= 0.6 is 0 Å². The molecule has 4 aromatic rings. The highest BCUT2D eigenvalue weighted by atomic mass is 32.2. The molecule has 0 saturated carbocycles. The summed E-state index contributed by atoms with van der Waals surface area (Å²) in [6.45, 7) is 1.35. The topological polar surface area (TPSA) is 183 Å². The lowest BCUT2D eigenvalue weighted by Crippen LogP contribution is -2.43. The van der Waals surface area contributed by atoms with Gasteiger partial charge in [-0.15, -0.1) is 0 Å². The Bertz CT molecular complexity index is 1940. The molecule has 0 heterocycles. The van der Waals surface area contributed by atoms with Crippen LogP contribution in [0.4, 0.5) is 0 Å². The first kappa shape index (κ1) is 40.1. The molecule has 278 valence electrons. The number of hydrogen-bond donors (Lipinski definition) is 3. The summed E-state index contributed by atoms with van der Waals surface area (Å²) in [6, 6.07) is 32.8. The number of hydrogen-bond acceptors (Lipinski definition) is 9. The van der Waals surface area contributed by atoms with Gasteiger partial charge in [0, 0.05) is 37.8 Å². The smallest absolute Gasteiger partial charge is 0.332 e. The SMILES string of the molecule is CC(=O)O/N=C(/N)c1ccc(CNC(=O)[C@H](CCC(=O)OCc2ccccc2)CC(=O)[C@@H](CCc2ccccc2)NS(=O)(=O)Cc2ccccc2)cc1. The molecule has 12 nitrogen and oxygen atoms in total. The molecule has 0 fully saturated rings. The number of esters is 1. The summed E-state index contributed by atoms with van der Waals surface area (Å²) >= 11 is 0. The lowest BCUT2D eigenvalue weighted by molar-refractivity contribution is -0.146. The van der Waals surface area contributed by atoms with Gasteiger partial charge in [0.1, 0.15) is 6.61 Å². The number of sulfonamides is 1. The lowest BCUT2D eigenvalue weighted by Gasteiger charge is -2.22. The number of rotatable bonds is 20. The highest BCUT2D eigenvalue weighted by Gasteiger charge is 2.30. The van der Waals surface area contributed by atoms with Gasteiger partial charge in [-0.05, 0) is 41.5 Å². The number of ether oxygens (including phenoxy) is 1. The largest absolute Gasteiger partial charge is 0.461 e. The monoisotopic (exact) mass is 740 g/mol. The first-order chi connectivity index (χ1) is 25.5. The van der Waals surface area contributed by atoms with Crippen LogP contribution in [-0.4, -0.2) is 43.9 Å². The van der Waals surface area contributed by atoms with Crippen molar-refractivity contribution in [3.63, 3.8) is 0 Å². The second-order valence-corrected chi connectivity index (χ2v) is 14.2. The van der Waals surface area contributed by atoms with E-state index < -0.39 is 45.6 Å². The third kappa shape index (κ3) is 14.5. The Morgan fingerprint density at radius 1 is 0.755 bits per heavy atom. The Labute approximate surface area is 309 Å². The van der Waals surface area contributed by atoms with Gasteiger partial charge in [0.05, 0.1) is 11.8 Å². The lowest BCUT2D eigenvalue weighted by atomic mass is 9.91. The molecule has 4 aromatic carbocycles. The average Bonchev–Trinajstić information content (AvgIpc) is 3.16. The maximum absolute atomic E-state index is 14.0. The summed E-state index contributed by atoms with van der Waals surface area (Å²) in [4.78, 5) is 56.0. The van der Waals surface area contributed by atoms with E-state index in [4.69, 9.17) is 10.5 Å². The van der Waals surface area contributed by atoms with Gasteiger partial charge in [0.15, 0.2) is 11.6 Å². The molecular formula is C40H44N4O8S. The summed E-state index contributed by atoms with van der Waals surface area (Å²) in [5.74, 6) is -3.39. The van der Waals surface area contributed by atoms with Gasteiger partial charge in [0.2, 0.25) is 15.9 Å². The molecule has 13 heteroatoms. The van der Waals surface area contributed by atoms with E-state index in [1.54, 1.807) is 54.6 Å². The van der Waals surface area contributed by atoms with Crippen molar-refractivity contribution in [2.24, 2.45) is 16.8 Å². The van der Waals surface area contributed by atoms with Gasteiger partial charge in [-0.1, -0.05) is 120 Å². The fourth-order valence-electron chi connectivity index (χ4n) is 5.40. The molecule has 1 amide bonds. The van der Waals surface area contributed by atoms with Gasteiger partial charge >= 0.3 is 11.9 Å². The van der Waals surface area contributed by atoms with Gasteiger partial charge in [-0.25, -0.2) is 17.9 Å². The Morgan fingerprint density at radius 2 is 1.34 bits per heavy atom. The molecule has 2 atom stereocenters. The predicted octanol–water partition coefficient (Wildman–Crippen LogP) is 4.71. The first-order valence-electron chi connectivity index (χ1n) is 17.2. The Morgan fingerprint density at radius 3 is 1.94 bits per heavy atom. The van der Waals surface area contributed by atoms with Crippen LogP contribution in [0, 0.1) is 5.92 Å². The molecule has 0 bridgehead atoms. The number of ketones is 1. The van der Waals surface area contributed by atoms with E-state index in [9.17, 15) is 27.6 Å². The number of nitrogens with one attached hydrogen (secondary N) is 2. The zero-order valence-corrected chi connectivity index (χ0v) is 30.3. The molecule has 0 aliphatic carbocycles. The maximum atomic E-state index is 14.0. The Balaban J connectivity index is 1.48. The molecule has 0 aliphatic heterocycles. The molecule has 0 aliphatic rings. The molecule has 4 rings (SSSR count). The third-order valence-corrected chi connectivity index (χ3v) is 9.58. The van der Waals surface area contributed by atoms with Crippen LogP contribution in [0.2, 0.25) is 0 Å². The molecule has 53 heavy (non-hydrogen) atoms. The maximum Gasteiger partial charge on any atom is 0.332 e. The van der Waals surface area contributed by atoms with E-state index in [0.29, 0.717) is 23.1 Å². The minimum absolute atomic E-state index is 0.00451. The van der Waals surface area contributed by atoms with E-state index >= 15 is 0 Å². The van der Waals surface area contributed by atoms with Crippen LogP contribution in [-0.2, 0) is 64.1 Å². The van der Waals surface area contributed by atoms with E-state index in [0.717, 1.165) is 11.1 Å². The number of Topliss-reactive ketones (excluding diaryl/α,β-unsaturated/α-hetero) is 1. The summed E-state index contributed by atoms with van der Waals surface area (Å²) in [5, 5.41) is 6.40. The zero-order valence-electron chi connectivity index (χ0n) is 29.5. The number of carbonyl (C=O) groups excluding carboxylic acids is 4. The minimum Gasteiger partial charge on any atom is -0.461 e. The third-order valence-electron chi connectivity index (χ3n) is 8.22. The Hall–Kier alpha value is -5.66. The number of nitrogens with zero attached hydrogens (tertiary/aromatic N) is 1. The van der Waals surface area contributed by atoms with Crippen LogP contribution in [0.25, 0.3) is 0 Å². The van der Waals surface area contributed by atoms with Crippen LogP contribution in [0.3, 0.4) is 0 Å². The second kappa shape index (κ2) is 20.4. The van der Waals surface area contributed by atoms with Gasteiger partial charge in [0.25, 0.3) is 0 Å². The number of amidine groups is 1. The van der Waals surface area contributed by atoms with E-state index in [1.165, 1.54) is 6.92 Å². The quantitative estimate of drug-likeness (QED) is 0.0380. The van der Waals surface area contributed by atoms with Crippen molar-refractivity contribution >= 4 is 39.5 Å². The van der Waals surface area contributed by atoms with Gasteiger partial charge in [-0.3, -0.25) is 14.4 Å². The van der Waals surface area contributed by atoms with Crippen molar-refractivity contribution < 1.29 is 37.2 Å². The van der Waals surface area contributed by atoms with Crippen molar-refractivity contribution in [3.8, 4) is 0 Å². The predicted molar refractivity (Wildman–Crippen MR) is 200 cm³/mol. The van der Waals surface area contributed by atoms with Gasteiger partial charge in [-0.2, -0.15) is 0 Å². The van der Waals surface area contributed by atoms with Crippen molar-refractivity contribution in [1.29, 1.82) is 0 Å². The number of oxime groups is 1. The van der Waals surface area contributed by atoms with Crippen LogP contribution in [0.15, 0.2) is 120 Å². The Kier molecular flexibility index (Phi) is 15.4. The number of amides is 1. The summed E-state index contributed by atoms with van der Waals surface area (Å²) in [6.07, 6.45) is 0.130. The van der Waals surface area contributed by atoms with E-state index in [-0.39, 0.29) is 50.4 Å². The minimum atomic E-state index is -3.95. The molecule has 4 N–H and O–H groups in total. The fraction of sp³-hybridized carbons (Fsp3) is 0.275. The average molecular weight is 741 g/mol. The van der Waals surface area contributed by atoms with Crippen LogP contribution in [0.1, 0.15) is 60.4 Å². The fourth-order valence-corrected chi connectivity index (χ4v) is 6.80. The second-order valence-electron chi connectivity index (χ2n) is 12.5. The van der Waals surface area contributed by atoms with E-state index in [1.807, 2.05) is 60.7 Å². The number of carbonyl (C=O) groups is 4. The normalized spacial score (nSPS) is 12.7. The van der Waals surface area contributed by atoms with Crippen molar-refractivity contribution in [3.05, 3.63) is 143 Å². The molecule has 0 unspecified atom stereocenters. The standard InChI is InChI=1S/C40H44N4O8S/c1-29(45)52-43-39(41)34-20-17-31(18-21-34)26-42-40(48)35(22-24-38(47)51-27-32-13-7-3-8-14-32)25-37(46)36(23-19-30-11-5-2-6-12-30)44-53(49,50)28-33-15-9-4-10-16-33/h2-18,20-21,35-36,44H,19,22-28H2,1H3,(H2,41,43)(H,42,48)/t35-,36-/m1/s1. The van der Waals surface area contributed by atoms with Crippen LogP contribution < -0.4 is 15.8 Å². The number of aryl methyl sites for hydroxylation is 1. The van der Waals surface area contributed by atoms with Crippen molar-refractivity contribution in [1.82, 2.24) is 10.0 Å². The number of benzene rings is 4. The highest BCUT2D eigenvalue weighted by Crippen LogP contribution is 2.19.